The molecular weight excluding hydrogens is 432 g/mol. The van der Waals surface area contributed by atoms with E-state index in [2.05, 4.69) is 5.32 Å². The molecule has 172 valence electrons. The number of carbonyl (C=O) groups excluding carboxylic acids is 1. The number of nitrogens with zero attached hydrogens (tertiary/aromatic N) is 1. The van der Waals surface area contributed by atoms with Gasteiger partial charge in [0.1, 0.15) is 23.1 Å². The van der Waals surface area contributed by atoms with E-state index in [1.54, 1.807) is 81.8 Å². The number of hydrogen-bond acceptors (Lipinski definition) is 6. The minimum absolute atomic E-state index is 0.0844. The lowest BCUT2D eigenvalue weighted by Gasteiger charge is -2.28. The summed E-state index contributed by atoms with van der Waals surface area (Å²) >= 11 is 0. The number of dihydropyridines is 1. The van der Waals surface area contributed by atoms with Crippen LogP contribution in [0.1, 0.15) is 34.3 Å². The van der Waals surface area contributed by atoms with E-state index in [1.807, 2.05) is 18.2 Å². The van der Waals surface area contributed by atoms with E-state index >= 15 is 0 Å². The Balaban J connectivity index is 1.92. The highest BCUT2D eigenvalue weighted by molar-refractivity contribution is 6.11. The van der Waals surface area contributed by atoms with Crippen molar-refractivity contribution >= 4 is 11.5 Å². The smallest absolute Gasteiger partial charge is 0.282 e. The van der Waals surface area contributed by atoms with Crippen LogP contribution in [0.4, 0.5) is 0 Å². The molecule has 7 nitrogen and oxygen atoms in total. The van der Waals surface area contributed by atoms with Crippen LogP contribution in [0, 0.1) is 10.1 Å². The van der Waals surface area contributed by atoms with Crippen LogP contribution in [0.15, 0.2) is 95.8 Å². The molecule has 0 aliphatic carbocycles. The zero-order chi connectivity index (χ0) is 24.2. The minimum Gasteiger partial charge on any atom is -0.497 e. The van der Waals surface area contributed by atoms with Crippen molar-refractivity contribution in [3.05, 3.63) is 123 Å². The van der Waals surface area contributed by atoms with Crippen molar-refractivity contribution in [2.75, 3.05) is 14.2 Å². The zero-order valence-electron chi connectivity index (χ0n) is 19.1. The molecule has 1 unspecified atom stereocenters. The number of benzene rings is 3. The quantitative estimate of drug-likeness (QED) is 0.299. The molecule has 34 heavy (non-hydrogen) atoms. The molecule has 3 aromatic rings. The van der Waals surface area contributed by atoms with Gasteiger partial charge < -0.3 is 14.8 Å². The van der Waals surface area contributed by atoms with Crippen molar-refractivity contribution in [3.8, 4) is 11.5 Å². The number of ketones is 1. The average molecular weight is 456 g/mol. The van der Waals surface area contributed by atoms with Crippen molar-refractivity contribution < 1.29 is 19.2 Å². The lowest BCUT2D eigenvalue weighted by molar-refractivity contribution is -0.428. The van der Waals surface area contributed by atoms with Crippen LogP contribution in [-0.4, -0.2) is 24.9 Å². The maximum atomic E-state index is 13.7. The number of Topliss-reactive ketones (excluding diaryl/α,β-unsaturated/α-hetero) is 1. The molecule has 1 heterocycles. The lowest BCUT2D eigenvalue weighted by Crippen LogP contribution is -2.31. The predicted molar refractivity (Wildman–Crippen MR) is 129 cm³/mol. The van der Waals surface area contributed by atoms with Gasteiger partial charge in [-0.05, 0) is 48.9 Å². The first-order valence-electron chi connectivity index (χ1n) is 10.7. The Kier molecular flexibility index (Phi) is 6.45. The molecule has 4 rings (SSSR count). The Labute approximate surface area is 197 Å². The monoisotopic (exact) mass is 456 g/mol. The predicted octanol–water partition coefficient (Wildman–Crippen LogP) is 5.19. The fourth-order valence-electron chi connectivity index (χ4n) is 4.16. The maximum Gasteiger partial charge on any atom is 0.282 e. The Morgan fingerprint density at radius 1 is 0.882 bits per heavy atom. The number of hydrogen-bond donors (Lipinski definition) is 1. The first-order chi connectivity index (χ1) is 16.4. The van der Waals surface area contributed by atoms with Gasteiger partial charge in [0, 0.05) is 22.4 Å². The average Bonchev–Trinajstić information content (AvgIpc) is 2.88. The molecule has 0 saturated heterocycles. The molecule has 0 saturated carbocycles. The number of rotatable bonds is 7. The Morgan fingerprint density at radius 2 is 1.44 bits per heavy atom. The van der Waals surface area contributed by atoms with Crippen LogP contribution in [0.3, 0.4) is 0 Å². The topological polar surface area (TPSA) is 90.7 Å². The van der Waals surface area contributed by atoms with Gasteiger partial charge >= 0.3 is 0 Å². The Morgan fingerprint density at radius 3 is 1.97 bits per heavy atom. The second kappa shape index (κ2) is 9.62. The van der Waals surface area contributed by atoms with Gasteiger partial charge in [-0.1, -0.05) is 42.5 Å². The summed E-state index contributed by atoms with van der Waals surface area (Å²) in [6.45, 7) is 1.77. The van der Waals surface area contributed by atoms with Crippen molar-refractivity contribution in [2.24, 2.45) is 0 Å². The highest BCUT2D eigenvalue weighted by Gasteiger charge is 2.41. The molecule has 0 radical (unpaired) electrons. The number of methoxy groups -OCH3 is 2. The number of allylic oxidation sites excluding steroid dienone is 2. The highest BCUT2D eigenvalue weighted by atomic mass is 16.6. The van der Waals surface area contributed by atoms with E-state index in [1.165, 1.54) is 0 Å². The number of ether oxygens (including phenoxy) is 2. The largest absolute Gasteiger partial charge is 0.497 e. The maximum absolute atomic E-state index is 13.7. The number of carbonyl (C=O) groups is 1. The van der Waals surface area contributed by atoms with Crippen LogP contribution < -0.4 is 14.8 Å². The van der Waals surface area contributed by atoms with Crippen LogP contribution >= 0.6 is 0 Å². The normalized spacial score (nSPS) is 15.6. The van der Waals surface area contributed by atoms with E-state index in [0.717, 1.165) is 0 Å². The van der Waals surface area contributed by atoms with E-state index in [-0.39, 0.29) is 11.5 Å². The summed E-state index contributed by atoms with van der Waals surface area (Å²) in [5.74, 6) is 0.0659. The van der Waals surface area contributed by atoms with E-state index in [0.29, 0.717) is 45.2 Å². The number of nitro groups is 1. The standard InChI is InChI=1S/C27H24N2O5/c1-17-23(27(30)20-11-15-22(34-3)16-12-20)24(18-9-13-21(33-2)14-10-18)26(29(31)32)25(28-17)19-7-5-4-6-8-19/h4-16,24,28H,1-3H3. The molecule has 1 aliphatic rings. The molecule has 1 atom stereocenters. The summed E-state index contributed by atoms with van der Waals surface area (Å²) in [6.07, 6.45) is 0. The van der Waals surface area contributed by atoms with Gasteiger partial charge in [0.05, 0.1) is 19.1 Å². The molecule has 0 aromatic heterocycles. The van der Waals surface area contributed by atoms with Crippen molar-refractivity contribution in [1.29, 1.82) is 0 Å². The molecule has 7 heteroatoms. The summed E-state index contributed by atoms with van der Waals surface area (Å²) in [5, 5.41) is 15.6. The van der Waals surface area contributed by atoms with E-state index in [4.69, 9.17) is 9.47 Å². The second-order valence-electron chi connectivity index (χ2n) is 7.81. The summed E-state index contributed by atoms with van der Waals surface area (Å²) in [5.41, 5.74) is 2.88. The first kappa shape index (κ1) is 22.8. The zero-order valence-corrected chi connectivity index (χ0v) is 19.1. The van der Waals surface area contributed by atoms with Crippen molar-refractivity contribution in [1.82, 2.24) is 5.32 Å². The molecule has 0 fully saturated rings. The minimum atomic E-state index is -0.882. The summed E-state index contributed by atoms with van der Waals surface area (Å²) in [4.78, 5) is 25.8. The van der Waals surface area contributed by atoms with Gasteiger partial charge in [-0.15, -0.1) is 0 Å². The van der Waals surface area contributed by atoms with Gasteiger partial charge in [0.25, 0.3) is 5.70 Å². The third-order valence-electron chi connectivity index (χ3n) is 5.84. The number of nitrogens with one attached hydrogen (secondary N) is 1. The van der Waals surface area contributed by atoms with Crippen molar-refractivity contribution in [3.63, 3.8) is 0 Å². The van der Waals surface area contributed by atoms with Crippen LogP contribution in [-0.2, 0) is 0 Å². The molecule has 0 spiro atoms. The van der Waals surface area contributed by atoms with Gasteiger partial charge in [-0.2, -0.15) is 0 Å². The first-order valence-corrected chi connectivity index (χ1v) is 10.7. The molecule has 1 aliphatic heterocycles. The third-order valence-corrected chi connectivity index (χ3v) is 5.84. The summed E-state index contributed by atoms with van der Waals surface area (Å²) in [6, 6.07) is 22.8. The van der Waals surface area contributed by atoms with Gasteiger partial charge in [0.15, 0.2) is 5.78 Å². The lowest BCUT2D eigenvalue weighted by atomic mass is 9.79. The van der Waals surface area contributed by atoms with Crippen LogP contribution in [0.25, 0.3) is 5.70 Å². The van der Waals surface area contributed by atoms with Gasteiger partial charge in [-0.3, -0.25) is 14.9 Å². The van der Waals surface area contributed by atoms with Crippen LogP contribution in [0.2, 0.25) is 0 Å². The Hall–Kier alpha value is -4.39. The summed E-state index contributed by atoms with van der Waals surface area (Å²) in [7, 11) is 3.10. The van der Waals surface area contributed by atoms with E-state index in [9.17, 15) is 14.9 Å². The fourth-order valence-corrected chi connectivity index (χ4v) is 4.16. The van der Waals surface area contributed by atoms with Crippen molar-refractivity contribution in [2.45, 2.75) is 12.8 Å². The molecule has 0 amide bonds. The second-order valence-corrected chi connectivity index (χ2v) is 7.81. The van der Waals surface area contributed by atoms with Gasteiger partial charge in [-0.25, -0.2) is 0 Å². The molecule has 3 aromatic carbocycles. The third kappa shape index (κ3) is 4.28. The molecule has 1 N–H and O–H groups in total. The highest BCUT2D eigenvalue weighted by Crippen LogP contribution is 2.42. The van der Waals surface area contributed by atoms with Crippen LogP contribution in [0.5, 0.6) is 11.5 Å². The molecule has 0 bridgehead atoms. The SMILES string of the molecule is COc1ccc(C(=O)C2=C(C)NC(c3ccccc3)=C([N+](=O)[O-])C2c2ccc(OC)cc2)cc1. The Bertz CT molecular complexity index is 1280. The van der Waals surface area contributed by atoms with Gasteiger partial charge in [0.2, 0.25) is 0 Å². The fraction of sp³-hybridized carbons (Fsp3) is 0.148. The van der Waals surface area contributed by atoms with E-state index < -0.39 is 10.8 Å². The molecular formula is C27H24N2O5. The summed E-state index contributed by atoms with van der Waals surface area (Å²) < 4.78 is 10.5.